The molecule has 0 amide bonds. The molecule has 13 nitrogen and oxygen atoms in total. The van der Waals surface area contributed by atoms with E-state index in [0.29, 0.717) is 41.0 Å². The van der Waals surface area contributed by atoms with Crippen LogP contribution in [0.25, 0.3) is 11.0 Å². The number of carbonyl (C=O) groups excluding carboxylic acids is 1. The van der Waals surface area contributed by atoms with E-state index >= 15 is 0 Å². The van der Waals surface area contributed by atoms with E-state index in [2.05, 4.69) is 29.1 Å². The number of ketones is 1. The van der Waals surface area contributed by atoms with Crippen molar-refractivity contribution in [3.63, 3.8) is 0 Å². The number of hydrogen-bond acceptors (Lipinski definition) is 9. The first-order valence-electron chi connectivity index (χ1n) is 12.0. The zero-order valence-electron chi connectivity index (χ0n) is 22.0. The normalized spacial score (nSPS) is 14.0. The molecule has 0 aliphatic carbocycles. The van der Waals surface area contributed by atoms with E-state index in [-0.39, 0.29) is 17.5 Å². The fraction of sp³-hybridized carbons (Fsp3) is 0.385. The average molecular weight is 566 g/mol. The molecule has 0 radical (unpaired) electrons. The standard InChI is InChI=1S/C18H24FN3O2.2C4H4O4/c1-21(2)8-3-9-22-10-6-13(7-11-22)18(23)17-15-5-4-14(19)12-16(15)24-20-17;2*5-3(6)1-2-4(7)8/h4-5,12-13H,3,6-11H2,1-2H3;2*1-2H,(H,5,6)(H,7,8). The zero-order chi connectivity index (χ0) is 30.2. The molecule has 1 saturated heterocycles. The third kappa shape index (κ3) is 13.4. The number of hydrogen-bond donors (Lipinski definition) is 4. The van der Waals surface area contributed by atoms with Gasteiger partial charge in [0.15, 0.2) is 17.1 Å². The van der Waals surface area contributed by atoms with Crippen molar-refractivity contribution in [2.24, 2.45) is 5.92 Å². The Hall–Kier alpha value is -4.43. The number of halogens is 1. The van der Waals surface area contributed by atoms with E-state index in [4.69, 9.17) is 24.9 Å². The predicted octanol–water partition coefficient (Wildman–Crippen LogP) is 2.24. The largest absolute Gasteiger partial charge is 0.478 e. The van der Waals surface area contributed by atoms with Crippen molar-refractivity contribution in [2.75, 3.05) is 40.3 Å². The summed E-state index contributed by atoms with van der Waals surface area (Å²) in [6.45, 7) is 4.04. The van der Waals surface area contributed by atoms with Gasteiger partial charge >= 0.3 is 23.9 Å². The summed E-state index contributed by atoms with van der Waals surface area (Å²) in [7, 11) is 4.16. The molecule has 1 aliphatic rings. The van der Waals surface area contributed by atoms with Gasteiger partial charge in [-0.1, -0.05) is 5.16 Å². The Morgan fingerprint density at radius 2 is 1.45 bits per heavy atom. The van der Waals surface area contributed by atoms with Gasteiger partial charge in [0.05, 0.1) is 5.39 Å². The first-order chi connectivity index (χ1) is 18.8. The van der Waals surface area contributed by atoms with Gasteiger partial charge in [0.25, 0.3) is 0 Å². The van der Waals surface area contributed by atoms with Gasteiger partial charge in [-0.3, -0.25) is 4.79 Å². The molecule has 0 spiro atoms. The Kier molecular flexibility index (Phi) is 14.5. The number of aromatic nitrogens is 1. The maximum atomic E-state index is 13.2. The lowest BCUT2D eigenvalue weighted by atomic mass is 9.90. The molecule has 0 bridgehead atoms. The van der Waals surface area contributed by atoms with Crippen LogP contribution in [-0.4, -0.2) is 105 Å². The smallest absolute Gasteiger partial charge is 0.328 e. The summed E-state index contributed by atoms with van der Waals surface area (Å²) >= 11 is 0. The number of benzene rings is 1. The van der Waals surface area contributed by atoms with E-state index < -0.39 is 23.9 Å². The number of carboxylic acids is 4. The fourth-order valence-corrected chi connectivity index (χ4v) is 3.60. The minimum atomic E-state index is -1.26. The van der Waals surface area contributed by atoms with Gasteiger partial charge < -0.3 is 34.7 Å². The van der Waals surface area contributed by atoms with Crippen LogP contribution < -0.4 is 0 Å². The number of Topliss-reactive ketones (excluding diaryl/α,β-unsaturated/α-hetero) is 1. The lowest BCUT2D eigenvalue weighted by molar-refractivity contribution is -0.134. The molecule has 3 rings (SSSR count). The Bertz CT molecular complexity index is 1160. The van der Waals surface area contributed by atoms with Crippen molar-refractivity contribution in [1.29, 1.82) is 0 Å². The predicted molar refractivity (Wildman–Crippen MR) is 139 cm³/mol. The van der Waals surface area contributed by atoms with Crippen molar-refractivity contribution in [2.45, 2.75) is 19.3 Å². The average Bonchev–Trinajstić information content (AvgIpc) is 3.30. The van der Waals surface area contributed by atoms with Crippen LogP contribution in [0.1, 0.15) is 29.8 Å². The number of aliphatic carboxylic acids is 4. The Balaban J connectivity index is 0.000000412. The lowest BCUT2D eigenvalue weighted by Gasteiger charge is -2.31. The molecule has 0 unspecified atom stereocenters. The summed E-state index contributed by atoms with van der Waals surface area (Å²) in [5, 5.41) is 35.7. The highest BCUT2D eigenvalue weighted by Crippen LogP contribution is 2.26. The Morgan fingerprint density at radius 1 is 0.950 bits per heavy atom. The van der Waals surface area contributed by atoms with Gasteiger partial charge in [-0.25, -0.2) is 23.6 Å². The molecular formula is C26H32FN3O10. The van der Waals surface area contributed by atoms with Crippen LogP contribution in [-0.2, 0) is 19.2 Å². The molecule has 4 N–H and O–H groups in total. The summed E-state index contributed by atoms with van der Waals surface area (Å²) in [6, 6.07) is 4.18. The molecule has 2 heterocycles. The summed E-state index contributed by atoms with van der Waals surface area (Å²) in [5.74, 6) is -5.41. The molecule has 1 aromatic heterocycles. The number of carbonyl (C=O) groups is 5. The van der Waals surface area contributed by atoms with Gasteiger partial charge in [-0.15, -0.1) is 0 Å². The maximum Gasteiger partial charge on any atom is 0.328 e. The van der Waals surface area contributed by atoms with Gasteiger partial charge in [0.2, 0.25) is 0 Å². The topological polar surface area (TPSA) is 199 Å². The van der Waals surface area contributed by atoms with Crippen LogP contribution in [0.5, 0.6) is 0 Å². The highest BCUT2D eigenvalue weighted by Gasteiger charge is 2.29. The molecular weight excluding hydrogens is 533 g/mol. The lowest BCUT2D eigenvalue weighted by Crippen LogP contribution is -2.37. The van der Waals surface area contributed by atoms with Gasteiger partial charge in [-0.05, 0) is 71.7 Å². The van der Waals surface area contributed by atoms with Crippen LogP contribution in [0.15, 0.2) is 47.0 Å². The van der Waals surface area contributed by atoms with Crippen LogP contribution in [0, 0.1) is 11.7 Å². The third-order valence-electron chi connectivity index (χ3n) is 5.44. The SMILES string of the molecule is CN(C)CCCN1CCC(C(=O)c2noc3cc(F)ccc23)CC1.O=C(O)C=CC(=O)O.O=C(O)C=CC(=O)O. The van der Waals surface area contributed by atoms with E-state index in [9.17, 15) is 28.4 Å². The molecule has 2 aromatic rings. The van der Waals surface area contributed by atoms with Gasteiger partial charge in [0.1, 0.15) is 5.82 Å². The molecule has 1 aliphatic heterocycles. The molecule has 0 atom stereocenters. The number of nitrogens with zero attached hydrogens (tertiary/aromatic N) is 3. The summed E-state index contributed by atoms with van der Waals surface area (Å²) in [6.07, 6.45) is 5.06. The second-order valence-electron chi connectivity index (χ2n) is 8.83. The van der Waals surface area contributed by atoms with Crippen molar-refractivity contribution in [3.8, 4) is 0 Å². The van der Waals surface area contributed by atoms with E-state index in [1.165, 1.54) is 12.1 Å². The second kappa shape index (κ2) is 17.2. The summed E-state index contributed by atoms with van der Waals surface area (Å²) < 4.78 is 18.3. The van der Waals surface area contributed by atoms with Gasteiger partial charge in [0, 0.05) is 36.3 Å². The minimum Gasteiger partial charge on any atom is -0.478 e. The van der Waals surface area contributed by atoms with E-state index in [1.54, 1.807) is 6.07 Å². The first kappa shape index (κ1) is 33.6. The molecule has 218 valence electrons. The Labute approximate surface area is 228 Å². The van der Waals surface area contributed by atoms with Crippen molar-refractivity contribution in [1.82, 2.24) is 15.0 Å². The van der Waals surface area contributed by atoms with Crippen molar-refractivity contribution >= 4 is 40.6 Å². The third-order valence-corrected chi connectivity index (χ3v) is 5.44. The molecule has 1 aromatic carbocycles. The molecule has 1 fully saturated rings. The highest BCUT2D eigenvalue weighted by atomic mass is 19.1. The zero-order valence-corrected chi connectivity index (χ0v) is 22.0. The van der Waals surface area contributed by atoms with Gasteiger partial charge in [-0.2, -0.15) is 0 Å². The first-order valence-corrected chi connectivity index (χ1v) is 12.0. The van der Waals surface area contributed by atoms with Crippen molar-refractivity contribution in [3.05, 3.63) is 54.0 Å². The van der Waals surface area contributed by atoms with Crippen LogP contribution >= 0.6 is 0 Å². The van der Waals surface area contributed by atoms with Crippen LogP contribution in [0.3, 0.4) is 0 Å². The van der Waals surface area contributed by atoms with Crippen molar-refractivity contribution < 1.29 is 53.3 Å². The fourth-order valence-electron chi connectivity index (χ4n) is 3.60. The minimum absolute atomic E-state index is 0.0200. The highest BCUT2D eigenvalue weighted by molar-refractivity contribution is 6.06. The summed E-state index contributed by atoms with van der Waals surface area (Å²) in [5.41, 5.74) is 0.676. The number of carboxylic acid groups (broad SMARTS) is 4. The molecule has 0 saturated carbocycles. The molecule has 40 heavy (non-hydrogen) atoms. The number of piperidine rings is 1. The van der Waals surface area contributed by atoms with Crippen LogP contribution in [0.2, 0.25) is 0 Å². The quantitative estimate of drug-likeness (QED) is 0.242. The Morgan fingerprint density at radius 3 is 1.90 bits per heavy atom. The number of likely N-dealkylation sites (tertiary alicyclic amines) is 1. The van der Waals surface area contributed by atoms with E-state index in [0.717, 1.165) is 45.4 Å². The second-order valence-corrected chi connectivity index (χ2v) is 8.83. The van der Waals surface area contributed by atoms with E-state index in [1.807, 2.05) is 0 Å². The monoisotopic (exact) mass is 565 g/mol. The maximum absolute atomic E-state index is 13.2. The number of fused-ring (bicyclic) bond motifs is 1. The van der Waals surface area contributed by atoms with Crippen LogP contribution in [0.4, 0.5) is 4.39 Å². The summed E-state index contributed by atoms with van der Waals surface area (Å²) in [4.78, 5) is 55.6. The number of rotatable bonds is 10. The molecule has 14 heteroatoms.